The first kappa shape index (κ1) is 32.8. The maximum atomic E-state index is 13.1. The predicted octanol–water partition coefficient (Wildman–Crippen LogP) is 0.522. The molecule has 0 heterocycles. The number of anilines is 1. The van der Waals surface area contributed by atoms with Crippen molar-refractivity contribution in [2.45, 2.75) is 71.6 Å². The van der Waals surface area contributed by atoms with Gasteiger partial charge in [0.15, 0.2) is 0 Å². The number of urea groups is 1. The number of benzene rings is 1. The Hall–Kier alpha value is -4.20. The molecule has 0 unspecified atom stereocenters. The summed E-state index contributed by atoms with van der Waals surface area (Å²) in [6.45, 7) is 5.08. The van der Waals surface area contributed by atoms with Crippen molar-refractivity contribution in [3.63, 3.8) is 0 Å². The predicted molar refractivity (Wildman–Crippen MR) is 141 cm³/mol. The average molecular weight is 551 g/mol. The van der Waals surface area contributed by atoms with E-state index in [2.05, 4.69) is 26.7 Å². The van der Waals surface area contributed by atoms with E-state index in [9.17, 15) is 28.8 Å². The third-order valence-corrected chi connectivity index (χ3v) is 5.34. The molecule has 0 aliphatic heterocycles. The maximum Gasteiger partial charge on any atom is 0.312 e. The van der Waals surface area contributed by atoms with Crippen LogP contribution in [0.15, 0.2) is 24.3 Å². The summed E-state index contributed by atoms with van der Waals surface area (Å²) in [6, 6.07) is 3.98. The van der Waals surface area contributed by atoms with Crippen LogP contribution >= 0.6 is 0 Å². The molecule has 14 heteroatoms. The fraction of sp³-hybridized carbons (Fsp3) is 0.520. The molecule has 0 spiro atoms. The molecule has 39 heavy (non-hydrogen) atoms. The Morgan fingerprint density at radius 2 is 1.62 bits per heavy atom. The summed E-state index contributed by atoms with van der Waals surface area (Å²) in [5, 5.41) is 19.2. The van der Waals surface area contributed by atoms with E-state index in [0.29, 0.717) is 12.1 Å². The topological polar surface area (TPSA) is 218 Å². The molecule has 216 valence electrons. The number of carbonyl (C=O) groups is 6. The molecule has 1 aromatic rings. The van der Waals surface area contributed by atoms with Gasteiger partial charge in [0, 0.05) is 32.0 Å². The van der Waals surface area contributed by atoms with Crippen LogP contribution < -0.4 is 32.5 Å². The van der Waals surface area contributed by atoms with Crippen molar-refractivity contribution in [2.24, 2.45) is 11.7 Å². The first-order chi connectivity index (χ1) is 18.4. The van der Waals surface area contributed by atoms with Crippen LogP contribution in [0.3, 0.4) is 0 Å². The molecule has 6 amide bonds. The van der Waals surface area contributed by atoms with Crippen molar-refractivity contribution in [3.05, 3.63) is 29.8 Å². The molecule has 0 aromatic heterocycles. The summed E-state index contributed by atoms with van der Waals surface area (Å²) in [6.07, 6.45) is 0.393. The van der Waals surface area contributed by atoms with Crippen LogP contribution in [0.4, 0.5) is 10.5 Å². The van der Waals surface area contributed by atoms with Gasteiger partial charge in [0.25, 0.3) is 0 Å². The molecular formula is C25H38N6O8. The van der Waals surface area contributed by atoms with E-state index in [0.717, 1.165) is 5.56 Å². The summed E-state index contributed by atoms with van der Waals surface area (Å²) in [7, 11) is 0. The molecule has 0 fully saturated rings. The van der Waals surface area contributed by atoms with Crippen LogP contribution in [0.5, 0.6) is 0 Å². The largest absolute Gasteiger partial charge is 0.481 e. The van der Waals surface area contributed by atoms with Crippen molar-refractivity contribution < 1.29 is 38.7 Å². The van der Waals surface area contributed by atoms with Gasteiger partial charge in [-0.15, -0.1) is 0 Å². The van der Waals surface area contributed by atoms with E-state index in [1.807, 2.05) is 0 Å². The van der Waals surface area contributed by atoms with Gasteiger partial charge in [0.1, 0.15) is 12.1 Å². The van der Waals surface area contributed by atoms with E-state index >= 15 is 0 Å². The summed E-state index contributed by atoms with van der Waals surface area (Å²) in [4.78, 5) is 76.0. The van der Waals surface area contributed by atoms with Crippen molar-refractivity contribution in [3.8, 4) is 0 Å². The van der Waals surface area contributed by atoms with E-state index in [1.54, 1.807) is 38.1 Å². The monoisotopic (exact) mass is 550 g/mol. The second kappa shape index (κ2) is 17.3. The lowest BCUT2D eigenvalue weighted by Crippen LogP contribution is -2.54. The number of hydroxylamine groups is 1. The van der Waals surface area contributed by atoms with Crippen LogP contribution in [0.2, 0.25) is 0 Å². The van der Waals surface area contributed by atoms with Crippen LogP contribution in [-0.4, -0.2) is 59.4 Å². The number of hydrogen-bond acceptors (Lipinski definition) is 7. The molecule has 1 rings (SSSR count). The van der Waals surface area contributed by atoms with Gasteiger partial charge in [-0.3, -0.25) is 28.8 Å². The number of carbonyl (C=O) groups excluding carboxylic acids is 5. The van der Waals surface area contributed by atoms with E-state index in [1.165, 1.54) is 6.92 Å². The zero-order valence-electron chi connectivity index (χ0n) is 22.4. The molecule has 0 saturated heterocycles. The standard InChI is InChI=1S/C25H38N6O8/c1-15(2)22(30-20(33)7-4-8-21(34)35)24(37)29-19(6-5-13-27-25(26)38)23(36)28-18-11-9-17(10-12-18)14-39-31-16(3)32/h9-12,15,19,22H,4-8,13-14H2,1-3H3,(H,28,36)(H,29,37)(H,30,33)(H,31,32)(H,34,35)(H3,26,27,38)/t19-,22-/m0/s1. The number of hydrogen-bond donors (Lipinski definition) is 7. The van der Waals surface area contributed by atoms with Gasteiger partial charge in [0.2, 0.25) is 23.6 Å². The summed E-state index contributed by atoms with van der Waals surface area (Å²) in [5.41, 5.74) is 8.48. The Labute approximate surface area is 226 Å². The van der Waals surface area contributed by atoms with E-state index in [4.69, 9.17) is 15.7 Å². The highest BCUT2D eigenvalue weighted by atomic mass is 16.6. The lowest BCUT2D eigenvalue weighted by Gasteiger charge is -2.25. The number of rotatable bonds is 17. The zero-order valence-corrected chi connectivity index (χ0v) is 22.4. The van der Waals surface area contributed by atoms with Gasteiger partial charge >= 0.3 is 12.0 Å². The molecule has 8 N–H and O–H groups in total. The molecule has 0 aliphatic rings. The minimum atomic E-state index is -1.02. The summed E-state index contributed by atoms with van der Waals surface area (Å²) < 4.78 is 0. The quantitative estimate of drug-likeness (QED) is 0.107. The fourth-order valence-corrected chi connectivity index (χ4v) is 3.36. The molecule has 0 radical (unpaired) electrons. The Kier molecular flexibility index (Phi) is 14.6. The normalized spacial score (nSPS) is 12.1. The number of carboxylic acids is 1. The number of nitrogens with one attached hydrogen (secondary N) is 5. The Bertz CT molecular complexity index is 999. The van der Waals surface area contributed by atoms with Crippen LogP contribution in [0.25, 0.3) is 0 Å². The van der Waals surface area contributed by atoms with E-state index in [-0.39, 0.29) is 50.7 Å². The van der Waals surface area contributed by atoms with Gasteiger partial charge in [0.05, 0.1) is 6.61 Å². The lowest BCUT2D eigenvalue weighted by atomic mass is 10.0. The molecule has 0 saturated carbocycles. The Morgan fingerprint density at radius 3 is 2.18 bits per heavy atom. The molecule has 2 atom stereocenters. The highest BCUT2D eigenvalue weighted by molar-refractivity contribution is 5.98. The first-order valence-corrected chi connectivity index (χ1v) is 12.5. The third-order valence-electron chi connectivity index (χ3n) is 5.34. The number of aliphatic carboxylic acids is 1. The highest BCUT2D eigenvalue weighted by Gasteiger charge is 2.28. The fourth-order valence-electron chi connectivity index (χ4n) is 3.36. The van der Waals surface area contributed by atoms with Crippen LogP contribution in [0.1, 0.15) is 58.4 Å². The summed E-state index contributed by atoms with van der Waals surface area (Å²) >= 11 is 0. The molecular weight excluding hydrogens is 512 g/mol. The smallest absolute Gasteiger partial charge is 0.312 e. The summed E-state index contributed by atoms with van der Waals surface area (Å²) in [5.74, 6) is -3.24. The number of carboxylic acid groups (broad SMARTS) is 1. The van der Waals surface area contributed by atoms with Crippen molar-refractivity contribution in [1.82, 2.24) is 21.4 Å². The molecule has 14 nitrogen and oxygen atoms in total. The third kappa shape index (κ3) is 14.4. The minimum Gasteiger partial charge on any atom is -0.481 e. The van der Waals surface area contributed by atoms with Gasteiger partial charge in [-0.05, 0) is 42.9 Å². The second-order valence-electron chi connectivity index (χ2n) is 9.16. The van der Waals surface area contributed by atoms with Gasteiger partial charge < -0.3 is 32.1 Å². The average Bonchev–Trinajstić information content (AvgIpc) is 2.84. The maximum absolute atomic E-state index is 13.1. The molecule has 0 aliphatic carbocycles. The minimum absolute atomic E-state index is 0.0582. The van der Waals surface area contributed by atoms with Crippen molar-refractivity contribution >= 4 is 41.3 Å². The van der Waals surface area contributed by atoms with Crippen molar-refractivity contribution in [1.29, 1.82) is 0 Å². The Morgan fingerprint density at radius 1 is 0.949 bits per heavy atom. The van der Waals surface area contributed by atoms with Gasteiger partial charge in [-0.2, -0.15) is 0 Å². The number of nitrogens with two attached hydrogens (primary N) is 1. The molecule has 1 aromatic carbocycles. The first-order valence-electron chi connectivity index (χ1n) is 12.5. The highest BCUT2D eigenvalue weighted by Crippen LogP contribution is 2.12. The SMILES string of the molecule is CC(=O)NOCc1ccc(NC(=O)[C@H](CCCNC(N)=O)NC(=O)[C@@H](NC(=O)CCCC(=O)O)C(C)C)cc1. The van der Waals surface area contributed by atoms with Crippen LogP contribution in [0, 0.1) is 5.92 Å². The number of primary amides is 1. The number of amides is 6. The van der Waals surface area contributed by atoms with Gasteiger partial charge in [-0.25, -0.2) is 10.3 Å². The molecule has 0 bridgehead atoms. The Balaban J connectivity index is 2.86. The van der Waals surface area contributed by atoms with E-state index < -0.39 is 41.8 Å². The van der Waals surface area contributed by atoms with Crippen LogP contribution in [-0.2, 0) is 35.4 Å². The zero-order chi connectivity index (χ0) is 29.4. The second-order valence-corrected chi connectivity index (χ2v) is 9.16. The van der Waals surface area contributed by atoms with Gasteiger partial charge in [-0.1, -0.05) is 26.0 Å². The van der Waals surface area contributed by atoms with Crippen molar-refractivity contribution in [2.75, 3.05) is 11.9 Å². The lowest BCUT2D eigenvalue weighted by molar-refractivity contribution is -0.137.